The fourth-order valence-electron chi connectivity index (χ4n) is 2.57. The molecule has 9 heteroatoms. The minimum absolute atomic E-state index is 0.324. The lowest BCUT2D eigenvalue weighted by molar-refractivity contribution is 0.249. The van der Waals surface area contributed by atoms with Crippen molar-refractivity contribution >= 4 is 38.2 Å². The van der Waals surface area contributed by atoms with Gasteiger partial charge in [-0.3, -0.25) is 10.0 Å². The summed E-state index contributed by atoms with van der Waals surface area (Å²) in [6.07, 6.45) is 2.81. The third-order valence-electron chi connectivity index (χ3n) is 3.82. The number of amides is 2. The lowest BCUT2D eigenvalue weighted by Gasteiger charge is -2.15. The molecule has 0 spiro atoms. The number of hydrogen-bond acceptors (Lipinski definition) is 5. The molecule has 0 aliphatic carbocycles. The summed E-state index contributed by atoms with van der Waals surface area (Å²) in [6.45, 7) is 1.82. The molecule has 2 amide bonds. The van der Waals surface area contributed by atoms with Crippen LogP contribution >= 0.6 is 11.3 Å². The number of carbonyl (C=O) groups excluding carboxylic acids is 1. The summed E-state index contributed by atoms with van der Waals surface area (Å²) in [7, 11) is -3.36. The molecular formula is C19H20N4O3S2. The summed E-state index contributed by atoms with van der Waals surface area (Å²) in [5, 5.41) is 6.05. The second-order valence-corrected chi connectivity index (χ2v) is 8.99. The maximum atomic E-state index is 12.3. The average molecular weight is 417 g/mol. The molecule has 1 atom stereocenters. The Hall–Kier alpha value is -2.91. The Balaban J connectivity index is 1.62. The third kappa shape index (κ3) is 5.54. The topological polar surface area (TPSA) is 100 Å². The molecule has 3 rings (SSSR count). The van der Waals surface area contributed by atoms with E-state index in [4.69, 9.17) is 0 Å². The maximum absolute atomic E-state index is 12.3. The quantitative estimate of drug-likeness (QED) is 0.564. The minimum atomic E-state index is -3.36. The molecule has 1 aromatic heterocycles. The summed E-state index contributed by atoms with van der Waals surface area (Å²) < 4.78 is 25.2. The first-order chi connectivity index (χ1) is 13.3. The van der Waals surface area contributed by atoms with Crippen LogP contribution in [0.25, 0.3) is 10.4 Å². The number of nitrogens with one attached hydrogen (secondary N) is 3. The lowest BCUT2D eigenvalue weighted by Crippen LogP contribution is -2.31. The number of nitrogens with zero attached hydrogens (tertiary/aromatic N) is 1. The van der Waals surface area contributed by atoms with Crippen molar-refractivity contribution in [1.82, 2.24) is 10.3 Å². The number of aromatic nitrogens is 1. The number of sulfonamides is 1. The number of hydrogen-bond donors (Lipinski definition) is 3. The van der Waals surface area contributed by atoms with E-state index in [1.807, 2.05) is 43.3 Å². The van der Waals surface area contributed by atoms with Gasteiger partial charge in [-0.15, -0.1) is 0 Å². The zero-order valence-corrected chi connectivity index (χ0v) is 17.0. The fourth-order valence-corrected chi connectivity index (χ4v) is 3.94. The van der Waals surface area contributed by atoms with Gasteiger partial charge in [0.15, 0.2) is 5.13 Å². The van der Waals surface area contributed by atoms with Gasteiger partial charge in [0.1, 0.15) is 0 Å². The second-order valence-electron chi connectivity index (χ2n) is 6.22. The average Bonchev–Trinajstić information content (AvgIpc) is 3.09. The van der Waals surface area contributed by atoms with Crippen LogP contribution in [-0.2, 0) is 10.0 Å². The van der Waals surface area contributed by atoms with Crippen molar-refractivity contribution in [3.63, 3.8) is 0 Å². The molecule has 0 radical (unpaired) electrons. The Morgan fingerprint density at radius 2 is 1.86 bits per heavy atom. The summed E-state index contributed by atoms with van der Waals surface area (Å²) >= 11 is 1.39. The van der Waals surface area contributed by atoms with E-state index >= 15 is 0 Å². The molecule has 28 heavy (non-hydrogen) atoms. The second kappa shape index (κ2) is 8.41. The van der Waals surface area contributed by atoms with Crippen molar-refractivity contribution in [2.45, 2.75) is 13.0 Å². The standard InChI is InChI=1S/C19H20N4O3S2/c1-13(15-9-6-10-16(11-15)23-28(2,25)26)21-18(24)22-19-20-12-17(27-19)14-7-4-3-5-8-14/h3-13,23H,1-2H3,(H2,20,21,22,24). The number of thiazole rings is 1. The van der Waals surface area contributed by atoms with Gasteiger partial charge in [0.2, 0.25) is 10.0 Å². The molecule has 3 N–H and O–H groups in total. The van der Waals surface area contributed by atoms with Crippen molar-refractivity contribution in [1.29, 1.82) is 0 Å². The fraction of sp³-hybridized carbons (Fsp3) is 0.158. The first-order valence-corrected chi connectivity index (χ1v) is 11.2. The molecule has 0 saturated heterocycles. The van der Waals surface area contributed by atoms with E-state index in [-0.39, 0.29) is 12.1 Å². The number of benzene rings is 2. The zero-order valence-electron chi connectivity index (χ0n) is 15.3. The Kier molecular flexibility index (Phi) is 5.96. The Morgan fingerprint density at radius 1 is 1.11 bits per heavy atom. The maximum Gasteiger partial charge on any atom is 0.321 e. The van der Waals surface area contributed by atoms with Crippen LogP contribution in [0.3, 0.4) is 0 Å². The molecule has 0 fully saturated rings. The number of anilines is 2. The number of urea groups is 1. The van der Waals surface area contributed by atoms with Gasteiger partial charge >= 0.3 is 6.03 Å². The van der Waals surface area contributed by atoms with Gasteiger partial charge in [-0.25, -0.2) is 18.2 Å². The number of carbonyl (C=O) groups is 1. The highest BCUT2D eigenvalue weighted by molar-refractivity contribution is 7.92. The lowest BCUT2D eigenvalue weighted by atomic mass is 10.1. The largest absolute Gasteiger partial charge is 0.331 e. The van der Waals surface area contributed by atoms with E-state index in [0.29, 0.717) is 10.8 Å². The van der Waals surface area contributed by atoms with Crippen molar-refractivity contribution in [3.8, 4) is 10.4 Å². The van der Waals surface area contributed by atoms with E-state index in [2.05, 4.69) is 20.3 Å². The number of rotatable bonds is 6. The SMILES string of the molecule is CC(NC(=O)Nc1ncc(-c2ccccc2)s1)c1cccc(NS(C)(=O)=O)c1. The molecule has 3 aromatic rings. The normalized spacial score (nSPS) is 12.2. The summed E-state index contributed by atoms with van der Waals surface area (Å²) in [5.41, 5.74) is 2.26. The smallest absolute Gasteiger partial charge is 0.321 e. The van der Waals surface area contributed by atoms with E-state index in [9.17, 15) is 13.2 Å². The van der Waals surface area contributed by atoms with Gasteiger partial charge in [-0.05, 0) is 30.2 Å². The minimum Gasteiger partial charge on any atom is -0.331 e. The van der Waals surface area contributed by atoms with Crippen molar-refractivity contribution < 1.29 is 13.2 Å². The predicted octanol–water partition coefficient (Wildman–Crippen LogP) is 4.06. The van der Waals surface area contributed by atoms with Crippen molar-refractivity contribution in [2.75, 3.05) is 16.3 Å². The van der Waals surface area contributed by atoms with Crippen LogP contribution in [-0.4, -0.2) is 25.7 Å². The zero-order chi connectivity index (χ0) is 20.1. The molecule has 7 nitrogen and oxygen atoms in total. The molecule has 0 bridgehead atoms. The highest BCUT2D eigenvalue weighted by Crippen LogP contribution is 2.28. The van der Waals surface area contributed by atoms with Gasteiger partial charge in [0, 0.05) is 11.9 Å². The van der Waals surface area contributed by atoms with Gasteiger partial charge in [0.25, 0.3) is 0 Å². The third-order valence-corrected chi connectivity index (χ3v) is 5.39. The molecule has 2 aromatic carbocycles. The van der Waals surface area contributed by atoms with Crippen LogP contribution < -0.4 is 15.4 Å². The van der Waals surface area contributed by atoms with Crippen LogP contribution in [0.1, 0.15) is 18.5 Å². The molecule has 0 aliphatic heterocycles. The first kappa shape index (κ1) is 19.8. The summed E-state index contributed by atoms with van der Waals surface area (Å²) in [6, 6.07) is 16.0. The molecule has 0 saturated carbocycles. The molecule has 1 unspecified atom stereocenters. The predicted molar refractivity (Wildman–Crippen MR) is 113 cm³/mol. The Bertz CT molecular complexity index is 1070. The molecule has 1 heterocycles. The van der Waals surface area contributed by atoms with Gasteiger partial charge < -0.3 is 5.32 Å². The van der Waals surface area contributed by atoms with E-state index < -0.39 is 10.0 Å². The molecular weight excluding hydrogens is 396 g/mol. The van der Waals surface area contributed by atoms with Crippen LogP contribution in [0.4, 0.5) is 15.6 Å². The van der Waals surface area contributed by atoms with Gasteiger partial charge in [0.05, 0.1) is 17.2 Å². The summed E-state index contributed by atoms with van der Waals surface area (Å²) in [4.78, 5) is 17.5. The monoisotopic (exact) mass is 416 g/mol. The van der Waals surface area contributed by atoms with Crippen molar-refractivity contribution in [2.24, 2.45) is 0 Å². The van der Waals surface area contributed by atoms with Gasteiger partial charge in [-0.2, -0.15) is 0 Å². The Labute approximate surface area is 167 Å². The van der Waals surface area contributed by atoms with E-state index in [1.54, 1.807) is 24.4 Å². The van der Waals surface area contributed by atoms with Crippen molar-refractivity contribution in [3.05, 3.63) is 66.4 Å². The molecule has 146 valence electrons. The van der Waals surface area contributed by atoms with E-state index in [0.717, 1.165) is 22.3 Å². The van der Waals surface area contributed by atoms with Crippen LogP contribution in [0.15, 0.2) is 60.8 Å². The van der Waals surface area contributed by atoms with Crippen LogP contribution in [0, 0.1) is 0 Å². The highest BCUT2D eigenvalue weighted by Gasteiger charge is 2.13. The van der Waals surface area contributed by atoms with Crippen LogP contribution in [0.2, 0.25) is 0 Å². The highest BCUT2D eigenvalue weighted by atomic mass is 32.2. The first-order valence-electron chi connectivity index (χ1n) is 8.47. The summed E-state index contributed by atoms with van der Waals surface area (Å²) in [5.74, 6) is 0. The van der Waals surface area contributed by atoms with E-state index in [1.165, 1.54) is 11.3 Å². The van der Waals surface area contributed by atoms with Gasteiger partial charge in [-0.1, -0.05) is 53.8 Å². The Morgan fingerprint density at radius 3 is 2.57 bits per heavy atom. The molecule has 0 aliphatic rings. The van der Waals surface area contributed by atoms with Crippen LogP contribution in [0.5, 0.6) is 0 Å².